The van der Waals surface area contributed by atoms with Gasteiger partial charge in [0.2, 0.25) is 5.91 Å². The summed E-state index contributed by atoms with van der Waals surface area (Å²) in [7, 11) is -3.76. The predicted molar refractivity (Wildman–Crippen MR) is 115 cm³/mol. The van der Waals surface area contributed by atoms with E-state index in [1.165, 1.54) is 0 Å². The smallest absolute Gasteiger partial charge is 0.261 e. The monoisotopic (exact) mass is 406 g/mol. The molecule has 1 N–H and O–H groups in total. The van der Waals surface area contributed by atoms with Crippen molar-refractivity contribution in [3.63, 3.8) is 0 Å². The van der Waals surface area contributed by atoms with Crippen molar-refractivity contribution in [3.05, 3.63) is 78.4 Å². The Morgan fingerprint density at radius 3 is 2.48 bits per heavy atom. The Morgan fingerprint density at radius 2 is 1.72 bits per heavy atom. The normalized spacial score (nSPS) is 13.2. The molecule has 0 radical (unpaired) electrons. The first kappa shape index (κ1) is 19.2. The summed E-state index contributed by atoms with van der Waals surface area (Å²) < 4.78 is 28.9. The molecule has 1 amide bonds. The number of hydrogen-bond acceptors (Lipinski definition) is 3. The van der Waals surface area contributed by atoms with Crippen molar-refractivity contribution in [1.82, 2.24) is 0 Å². The van der Waals surface area contributed by atoms with Gasteiger partial charge in [-0.3, -0.25) is 9.52 Å². The van der Waals surface area contributed by atoms with E-state index < -0.39 is 10.0 Å². The Hall–Kier alpha value is -3.12. The van der Waals surface area contributed by atoms with Gasteiger partial charge < -0.3 is 4.90 Å². The van der Waals surface area contributed by atoms with Gasteiger partial charge in [-0.2, -0.15) is 0 Å². The Kier molecular flexibility index (Phi) is 5.11. The summed E-state index contributed by atoms with van der Waals surface area (Å²) in [5.74, 6) is 0.0503. The van der Waals surface area contributed by atoms with Crippen LogP contribution in [0.25, 0.3) is 11.1 Å². The third-order valence-corrected chi connectivity index (χ3v) is 6.48. The van der Waals surface area contributed by atoms with Crippen LogP contribution < -0.4 is 9.62 Å². The van der Waals surface area contributed by atoms with Gasteiger partial charge in [0.15, 0.2) is 0 Å². The first-order chi connectivity index (χ1) is 14.0. The molecule has 0 spiro atoms. The van der Waals surface area contributed by atoms with Crippen LogP contribution >= 0.6 is 0 Å². The van der Waals surface area contributed by atoms with E-state index in [9.17, 15) is 13.2 Å². The van der Waals surface area contributed by atoms with E-state index >= 15 is 0 Å². The molecule has 0 bridgehead atoms. The number of carbonyl (C=O) groups excluding carboxylic acids is 1. The van der Waals surface area contributed by atoms with Crippen molar-refractivity contribution in [2.75, 3.05) is 16.2 Å². The van der Waals surface area contributed by atoms with Crippen LogP contribution in [0, 0.1) is 0 Å². The largest absolute Gasteiger partial charge is 0.312 e. The van der Waals surface area contributed by atoms with Crippen molar-refractivity contribution in [3.8, 4) is 11.1 Å². The second kappa shape index (κ2) is 7.72. The number of hydrogen-bond donors (Lipinski definition) is 1. The van der Waals surface area contributed by atoms with Crippen LogP contribution in [0.15, 0.2) is 77.7 Å². The molecule has 0 unspecified atom stereocenters. The lowest BCUT2D eigenvalue weighted by Crippen LogP contribution is -2.27. The molecular formula is C23H22N2O3S. The Bertz CT molecular complexity index is 1160. The average molecular weight is 407 g/mol. The maximum Gasteiger partial charge on any atom is 0.261 e. The van der Waals surface area contributed by atoms with Crippen LogP contribution in [0.1, 0.15) is 18.9 Å². The van der Waals surface area contributed by atoms with Gasteiger partial charge in [0.1, 0.15) is 0 Å². The zero-order valence-electron chi connectivity index (χ0n) is 16.1. The molecule has 4 rings (SSSR count). The van der Waals surface area contributed by atoms with E-state index in [1.807, 2.05) is 49.4 Å². The van der Waals surface area contributed by atoms with Crippen LogP contribution in [0.4, 0.5) is 11.4 Å². The number of fused-ring (bicyclic) bond motifs is 1. The van der Waals surface area contributed by atoms with Gasteiger partial charge in [0, 0.05) is 24.2 Å². The standard InChI is InChI=1S/C23H22N2O3S/c1-2-23(26)25-15-14-18-16-19(12-13-22(18)25)29(27,28)24-21-11-7-6-10-20(21)17-8-4-3-5-9-17/h3-13,16,24H,2,14-15H2,1H3. The molecule has 0 atom stereocenters. The minimum Gasteiger partial charge on any atom is -0.312 e. The second-order valence-electron chi connectivity index (χ2n) is 6.96. The molecule has 3 aromatic carbocycles. The summed E-state index contributed by atoms with van der Waals surface area (Å²) in [5.41, 5.74) is 3.97. The molecule has 0 saturated heterocycles. The highest BCUT2D eigenvalue weighted by molar-refractivity contribution is 7.92. The molecule has 1 heterocycles. The lowest BCUT2D eigenvalue weighted by Gasteiger charge is -2.17. The van der Waals surface area contributed by atoms with Gasteiger partial charge in [-0.1, -0.05) is 55.5 Å². The van der Waals surface area contributed by atoms with E-state index in [2.05, 4.69) is 4.72 Å². The third kappa shape index (κ3) is 3.76. The number of rotatable bonds is 5. The molecule has 0 saturated carbocycles. The van der Waals surface area contributed by atoms with Gasteiger partial charge in [-0.25, -0.2) is 8.42 Å². The first-order valence-corrected chi connectivity index (χ1v) is 11.1. The highest BCUT2D eigenvalue weighted by Gasteiger charge is 2.26. The van der Waals surface area contributed by atoms with Crippen LogP contribution in [-0.4, -0.2) is 20.9 Å². The average Bonchev–Trinajstić information content (AvgIpc) is 3.17. The summed E-state index contributed by atoms with van der Waals surface area (Å²) in [6.07, 6.45) is 1.09. The molecular weight excluding hydrogens is 384 g/mol. The Balaban J connectivity index is 1.66. The molecule has 3 aromatic rings. The van der Waals surface area contributed by atoms with E-state index in [4.69, 9.17) is 0 Å². The second-order valence-corrected chi connectivity index (χ2v) is 8.64. The maximum absolute atomic E-state index is 13.1. The summed E-state index contributed by atoms with van der Waals surface area (Å²) in [6, 6.07) is 22.0. The van der Waals surface area contributed by atoms with Crippen molar-refractivity contribution in [1.29, 1.82) is 0 Å². The fraction of sp³-hybridized carbons (Fsp3) is 0.174. The van der Waals surface area contributed by atoms with Crippen LogP contribution in [0.2, 0.25) is 0 Å². The number of nitrogens with one attached hydrogen (secondary N) is 1. The minimum atomic E-state index is -3.76. The number of anilines is 2. The lowest BCUT2D eigenvalue weighted by atomic mass is 10.0. The SMILES string of the molecule is CCC(=O)N1CCc2cc(S(=O)(=O)Nc3ccccc3-c3ccccc3)ccc21. The number of carbonyl (C=O) groups is 1. The highest BCUT2D eigenvalue weighted by atomic mass is 32.2. The Labute approximate surface area is 171 Å². The molecule has 6 heteroatoms. The lowest BCUT2D eigenvalue weighted by molar-refractivity contribution is -0.118. The van der Waals surface area contributed by atoms with E-state index in [1.54, 1.807) is 35.2 Å². The Morgan fingerprint density at radius 1 is 1.00 bits per heavy atom. The molecule has 0 aromatic heterocycles. The minimum absolute atomic E-state index is 0.0503. The molecule has 29 heavy (non-hydrogen) atoms. The van der Waals surface area contributed by atoms with E-state index in [0.717, 1.165) is 22.4 Å². The van der Waals surface area contributed by atoms with Crippen LogP contribution in [0.5, 0.6) is 0 Å². The molecule has 1 aliphatic heterocycles. The zero-order valence-corrected chi connectivity index (χ0v) is 16.9. The summed E-state index contributed by atoms with van der Waals surface area (Å²) in [6.45, 7) is 2.42. The first-order valence-electron chi connectivity index (χ1n) is 9.60. The van der Waals surface area contributed by atoms with Crippen LogP contribution in [-0.2, 0) is 21.2 Å². The predicted octanol–water partition coefficient (Wildman–Crippen LogP) is 4.45. The molecule has 5 nitrogen and oxygen atoms in total. The van der Waals surface area contributed by atoms with E-state index in [0.29, 0.717) is 25.1 Å². The fourth-order valence-electron chi connectivity index (χ4n) is 3.64. The quantitative estimate of drug-likeness (QED) is 0.681. The summed E-state index contributed by atoms with van der Waals surface area (Å²) in [4.78, 5) is 14.0. The number of para-hydroxylation sites is 1. The van der Waals surface area contributed by atoms with Gasteiger partial charge in [0.05, 0.1) is 10.6 Å². The molecule has 148 valence electrons. The zero-order chi connectivity index (χ0) is 20.4. The van der Waals surface area contributed by atoms with E-state index in [-0.39, 0.29) is 10.8 Å². The van der Waals surface area contributed by atoms with Gasteiger partial charge in [-0.15, -0.1) is 0 Å². The van der Waals surface area contributed by atoms with Gasteiger partial charge in [-0.05, 0) is 41.8 Å². The fourth-order valence-corrected chi connectivity index (χ4v) is 4.77. The number of nitrogens with zero attached hydrogens (tertiary/aromatic N) is 1. The van der Waals surface area contributed by atoms with Gasteiger partial charge in [0.25, 0.3) is 10.0 Å². The topological polar surface area (TPSA) is 66.5 Å². The molecule has 0 aliphatic carbocycles. The maximum atomic E-state index is 13.1. The van der Waals surface area contributed by atoms with Crippen molar-refractivity contribution >= 4 is 27.3 Å². The van der Waals surface area contributed by atoms with Crippen molar-refractivity contribution < 1.29 is 13.2 Å². The number of amides is 1. The van der Waals surface area contributed by atoms with Gasteiger partial charge >= 0.3 is 0 Å². The summed E-state index contributed by atoms with van der Waals surface area (Å²) in [5, 5.41) is 0. The number of sulfonamides is 1. The number of benzene rings is 3. The van der Waals surface area contributed by atoms with Crippen LogP contribution in [0.3, 0.4) is 0 Å². The highest BCUT2D eigenvalue weighted by Crippen LogP contribution is 2.33. The third-order valence-electron chi connectivity index (χ3n) is 5.12. The molecule has 1 aliphatic rings. The molecule has 0 fully saturated rings. The van der Waals surface area contributed by atoms with Crippen molar-refractivity contribution in [2.24, 2.45) is 0 Å². The summed E-state index contributed by atoms with van der Waals surface area (Å²) >= 11 is 0. The van der Waals surface area contributed by atoms with Crippen molar-refractivity contribution in [2.45, 2.75) is 24.7 Å².